The lowest BCUT2D eigenvalue weighted by atomic mass is 10.1. The molecule has 0 radical (unpaired) electrons. The van der Waals surface area contributed by atoms with Gasteiger partial charge in [-0.2, -0.15) is 0 Å². The number of rotatable bonds is 7. The van der Waals surface area contributed by atoms with Crippen LogP contribution in [0.5, 0.6) is 0 Å². The van der Waals surface area contributed by atoms with Crippen molar-refractivity contribution in [3.05, 3.63) is 89.5 Å². The Labute approximate surface area is 195 Å². The lowest BCUT2D eigenvalue weighted by molar-refractivity contribution is 0.0785. The molecule has 0 spiro atoms. The van der Waals surface area contributed by atoms with E-state index >= 15 is 0 Å². The van der Waals surface area contributed by atoms with E-state index in [0.717, 1.165) is 24.2 Å². The van der Waals surface area contributed by atoms with Gasteiger partial charge in [-0.25, -0.2) is 8.42 Å². The van der Waals surface area contributed by atoms with Crippen LogP contribution in [-0.2, 0) is 16.6 Å². The summed E-state index contributed by atoms with van der Waals surface area (Å²) in [5.41, 5.74) is 4.11. The van der Waals surface area contributed by atoms with Gasteiger partial charge in [-0.05, 0) is 67.3 Å². The Morgan fingerprint density at radius 3 is 2.27 bits per heavy atom. The molecule has 7 heteroatoms. The van der Waals surface area contributed by atoms with Crippen molar-refractivity contribution < 1.29 is 13.2 Å². The number of benzene rings is 3. The molecule has 1 aliphatic heterocycles. The van der Waals surface area contributed by atoms with Crippen LogP contribution < -0.4 is 9.62 Å². The minimum absolute atomic E-state index is 0.115. The molecule has 3 aromatic rings. The average Bonchev–Trinajstić information content (AvgIpc) is 3.35. The molecule has 1 N–H and O–H groups in total. The van der Waals surface area contributed by atoms with Crippen LogP contribution in [0.2, 0.25) is 0 Å². The van der Waals surface area contributed by atoms with Crippen LogP contribution in [-0.4, -0.2) is 39.4 Å². The lowest BCUT2D eigenvalue weighted by Gasteiger charge is -2.24. The van der Waals surface area contributed by atoms with Crippen molar-refractivity contribution in [2.24, 2.45) is 0 Å². The summed E-state index contributed by atoms with van der Waals surface area (Å²) in [4.78, 5) is 17.2. The van der Waals surface area contributed by atoms with Crippen LogP contribution in [0.3, 0.4) is 0 Å². The molecular weight excluding hydrogens is 434 g/mol. The predicted octanol–water partition coefficient (Wildman–Crippen LogP) is 4.67. The van der Waals surface area contributed by atoms with E-state index in [0.29, 0.717) is 17.8 Å². The molecule has 0 aromatic heterocycles. The quantitative estimate of drug-likeness (QED) is 0.553. The Kier molecular flexibility index (Phi) is 6.70. The Morgan fingerprint density at radius 2 is 1.58 bits per heavy atom. The molecule has 4 rings (SSSR count). The van der Waals surface area contributed by atoms with Crippen molar-refractivity contribution in [1.82, 2.24) is 4.90 Å². The molecular formula is C26H29N3O3S. The van der Waals surface area contributed by atoms with Crippen molar-refractivity contribution in [2.75, 3.05) is 29.8 Å². The van der Waals surface area contributed by atoms with Gasteiger partial charge in [-0.1, -0.05) is 36.4 Å². The second kappa shape index (κ2) is 9.67. The van der Waals surface area contributed by atoms with E-state index in [2.05, 4.69) is 21.8 Å². The van der Waals surface area contributed by atoms with Crippen LogP contribution in [0.25, 0.3) is 0 Å². The number of hydrogen-bond acceptors (Lipinski definition) is 4. The van der Waals surface area contributed by atoms with Crippen molar-refractivity contribution in [3.63, 3.8) is 0 Å². The third-order valence-corrected chi connectivity index (χ3v) is 7.37. The van der Waals surface area contributed by atoms with Gasteiger partial charge in [0.15, 0.2) is 0 Å². The topological polar surface area (TPSA) is 69.7 Å². The highest BCUT2D eigenvalue weighted by molar-refractivity contribution is 7.92. The van der Waals surface area contributed by atoms with Crippen molar-refractivity contribution in [1.29, 1.82) is 0 Å². The van der Waals surface area contributed by atoms with Crippen LogP contribution in [0.1, 0.15) is 34.3 Å². The molecule has 1 aliphatic rings. The van der Waals surface area contributed by atoms with Gasteiger partial charge in [0, 0.05) is 37.9 Å². The molecule has 1 amide bonds. The molecule has 1 fully saturated rings. The molecule has 1 heterocycles. The number of nitrogens with zero attached hydrogens (tertiary/aromatic N) is 2. The minimum Gasteiger partial charge on any atom is -0.371 e. The molecule has 0 aliphatic carbocycles. The summed E-state index contributed by atoms with van der Waals surface area (Å²) >= 11 is 0. The molecule has 0 unspecified atom stereocenters. The molecule has 1 saturated heterocycles. The van der Waals surface area contributed by atoms with Gasteiger partial charge < -0.3 is 9.80 Å². The largest absolute Gasteiger partial charge is 0.371 e. The number of carbonyl (C=O) groups is 1. The Morgan fingerprint density at radius 1 is 0.939 bits per heavy atom. The first kappa shape index (κ1) is 22.9. The first-order valence-electron chi connectivity index (χ1n) is 11.1. The fourth-order valence-corrected chi connectivity index (χ4v) is 5.26. The standard InChI is InChI=1S/C26H29N3O3S/c1-20-9-3-5-11-24(20)27-33(31,32)23-15-13-21(14-16-23)26(30)28(2)19-22-10-4-6-12-25(22)29-17-7-8-18-29/h3-6,9-16,27H,7-8,17-19H2,1-2H3. The second-order valence-electron chi connectivity index (χ2n) is 8.43. The van der Waals surface area contributed by atoms with Crippen molar-refractivity contribution in [3.8, 4) is 0 Å². The Bertz CT molecular complexity index is 1230. The SMILES string of the molecule is Cc1ccccc1NS(=O)(=O)c1ccc(C(=O)N(C)Cc2ccccc2N2CCCC2)cc1. The van der Waals surface area contributed by atoms with E-state index < -0.39 is 10.0 Å². The van der Waals surface area contributed by atoms with Crippen molar-refractivity contribution in [2.45, 2.75) is 31.2 Å². The fourth-order valence-electron chi connectivity index (χ4n) is 4.13. The normalized spacial score (nSPS) is 13.7. The average molecular weight is 464 g/mol. The summed E-state index contributed by atoms with van der Waals surface area (Å²) < 4.78 is 28.1. The third-order valence-electron chi connectivity index (χ3n) is 5.99. The highest BCUT2D eigenvalue weighted by Gasteiger charge is 2.20. The number of hydrogen-bond donors (Lipinski definition) is 1. The molecule has 33 heavy (non-hydrogen) atoms. The van der Waals surface area contributed by atoms with E-state index in [-0.39, 0.29) is 10.8 Å². The maximum absolute atomic E-state index is 13.0. The summed E-state index contributed by atoms with van der Waals surface area (Å²) in [6, 6.07) is 21.5. The third kappa shape index (κ3) is 5.20. The zero-order valence-electron chi connectivity index (χ0n) is 19.0. The van der Waals surface area contributed by atoms with E-state index in [9.17, 15) is 13.2 Å². The number of sulfonamides is 1. The van der Waals surface area contributed by atoms with Gasteiger partial charge in [0.1, 0.15) is 0 Å². The van der Waals surface area contributed by atoms with Crippen LogP contribution >= 0.6 is 0 Å². The smallest absolute Gasteiger partial charge is 0.261 e. The number of para-hydroxylation sites is 2. The number of anilines is 2. The molecule has 0 atom stereocenters. The van der Waals surface area contributed by atoms with Gasteiger partial charge in [0.05, 0.1) is 10.6 Å². The van der Waals surface area contributed by atoms with Gasteiger partial charge in [-0.15, -0.1) is 0 Å². The number of nitrogens with one attached hydrogen (secondary N) is 1. The summed E-state index contributed by atoms with van der Waals surface area (Å²) in [5, 5.41) is 0. The van der Waals surface area contributed by atoms with Crippen LogP contribution in [0.15, 0.2) is 77.7 Å². The summed E-state index contributed by atoms with van der Waals surface area (Å²) in [6.07, 6.45) is 2.38. The Hall–Kier alpha value is -3.32. The van der Waals surface area contributed by atoms with Crippen LogP contribution in [0, 0.1) is 6.92 Å². The van der Waals surface area contributed by atoms with Gasteiger partial charge in [0.2, 0.25) is 0 Å². The van der Waals surface area contributed by atoms with Crippen molar-refractivity contribution >= 4 is 27.3 Å². The highest BCUT2D eigenvalue weighted by atomic mass is 32.2. The van der Waals surface area contributed by atoms with Gasteiger partial charge >= 0.3 is 0 Å². The number of carbonyl (C=O) groups excluding carboxylic acids is 1. The molecule has 0 bridgehead atoms. The lowest BCUT2D eigenvalue weighted by Crippen LogP contribution is -2.28. The van der Waals surface area contributed by atoms with Gasteiger partial charge in [-0.3, -0.25) is 9.52 Å². The van der Waals surface area contributed by atoms with Crippen LogP contribution in [0.4, 0.5) is 11.4 Å². The minimum atomic E-state index is -3.74. The zero-order valence-corrected chi connectivity index (χ0v) is 19.8. The first-order valence-corrected chi connectivity index (χ1v) is 12.6. The Balaban J connectivity index is 1.47. The molecule has 3 aromatic carbocycles. The molecule has 0 saturated carbocycles. The zero-order chi connectivity index (χ0) is 23.4. The van der Waals surface area contributed by atoms with E-state index in [1.165, 1.54) is 30.7 Å². The number of aryl methyl sites for hydroxylation is 1. The number of amides is 1. The maximum atomic E-state index is 13.0. The van der Waals surface area contributed by atoms with E-state index in [4.69, 9.17) is 0 Å². The summed E-state index contributed by atoms with van der Waals surface area (Å²) in [5.74, 6) is -0.151. The first-order chi connectivity index (χ1) is 15.8. The molecule has 172 valence electrons. The molecule has 6 nitrogen and oxygen atoms in total. The van der Waals surface area contributed by atoms with Gasteiger partial charge in [0.25, 0.3) is 15.9 Å². The fraction of sp³-hybridized carbons (Fsp3) is 0.269. The second-order valence-corrected chi connectivity index (χ2v) is 10.1. The maximum Gasteiger partial charge on any atom is 0.261 e. The predicted molar refractivity (Wildman–Crippen MR) is 132 cm³/mol. The van der Waals surface area contributed by atoms with E-state index in [1.54, 1.807) is 36.2 Å². The monoisotopic (exact) mass is 463 g/mol. The highest BCUT2D eigenvalue weighted by Crippen LogP contribution is 2.26. The summed E-state index contributed by atoms with van der Waals surface area (Å²) in [7, 11) is -1.97. The van der Waals surface area contributed by atoms with E-state index in [1.807, 2.05) is 31.2 Å². The summed E-state index contributed by atoms with van der Waals surface area (Å²) in [6.45, 7) is 4.42.